The molecule has 0 spiro atoms. The quantitative estimate of drug-likeness (QED) is 0.597. The summed E-state index contributed by atoms with van der Waals surface area (Å²) in [7, 11) is 1.73. The molecule has 0 radical (unpaired) electrons. The van der Waals surface area contributed by atoms with Gasteiger partial charge in [-0.05, 0) is 61.0 Å². The Morgan fingerprint density at radius 3 is 2.12 bits per heavy atom. The van der Waals surface area contributed by atoms with Gasteiger partial charge in [0, 0.05) is 22.2 Å². The third-order valence-electron chi connectivity index (χ3n) is 5.96. The molecule has 1 N–H and O–H groups in total. The number of hydrogen-bond acceptors (Lipinski definition) is 6. The molecule has 6 nitrogen and oxygen atoms in total. The van der Waals surface area contributed by atoms with Crippen molar-refractivity contribution in [1.29, 1.82) is 0 Å². The molecule has 0 amide bonds. The third kappa shape index (κ3) is 4.57. The molecule has 0 bridgehead atoms. The third-order valence-corrected chi connectivity index (χ3v) is 5.96. The van der Waals surface area contributed by atoms with Crippen molar-refractivity contribution < 1.29 is 19.0 Å². The molecule has 1 unspecified atom stereocenters. The second-order valence-corrected chi connectivity index (χ2v) is 11.4. The summed E-state index contributed by atoms with van der Waals surface area (Å²) in [6.45, 7) is 17.6. The van der Waals surface area contributed by atoms with E-state index in [1.807, 2.05) is 19.9 Å². The van der Waals surface area contributed by atoms with Crippen LogP contribution < -0.4 is 14.9 Å². The Kier molecular flexibility index (Phi) is 5.92. The number of anilines is 1. The molecule has 180 valence electrons. The second-order valence-electron chi connectivity index (χ2n) is 11.4. The summed E-state index contributed by atoms with van der Waals surface area (Å²) in [5.74, 6) is 0.910. The van der Waals surface area contributed by atoms with E-state index in [9.17, 15) is 0 Å². The normalized spacial score (nSPS) is 20.5. The highest BCUT2D eigenvalue weighted by atomic mass is 16.7. The first-order chi connectivity index (χ1) is 15.3. The zero-order chi connectivity index (χ0) is 24.2. The summed E-state index contributed by atoms with van der Waals surface area (Å²) in [5.41, 5.74) is 4.72. The van der Waals surface area contributed by atoms with Gasteiger partial charge in [-0.1, -0.05) is 30.3 Å². The largest absolute Gasteiger partial charge is 0.494 e. The van der Waals surface area contributed by atoms with Crippen LogP contribution in [0.5, 0.6) is 11.5 Å². The number of benzene rings is 2. The molecule has 4 rings (SSSR count). The van der Waals surface area contributed by atoms with Gasteiger partial charge in [0.1, 0.15) is 6.04 Å². The molecule has 1 atom stereocenters. The van der Waals surface area contributed by atoms with Crippen molar-refractivity contribution in [2.75, 3.05) is 12.4 Å². The van der Waals surface area contributed by atoms with E-state index in [0.29, 0.717) is 13.2 Å². The molecule has 2 aliphatic heterocycles. The Hall–Kier alpha value is -2.28. The molecular weight excluding hydrogens is 416 g/mol. The fourth-order valence-electron chi connectivity index (χ4n) is 4.47. The van der Waals surface area contributed by atoms with Crippen LogP contribution in [0.2, 0.25) is 0 Å². The van der Waals surface area contributed by atoms with Crippen LogP contribution in [-0.2, 0) is 22.7 Å². The van der Waals surface area contributed by atoms with Crippen LogP contribution >= 0.6 is 0 Å². The smallest absolute Gasteiger partial charge is 0.163 e. The van der Waals surface area contributed by atoms with Gasteiger partial charge in [0.15, 0.2) is 17.3 Å². The van der Waals surface area contributed by atoms with E-state index < -0.39 is 5.79 Å². The number of rotatable bonds is 3. The van der Waals surface area contributed by atoms with Crippen LogP contribution in [0.1, 0.15) is 83.7 Å². The van der Waals surface area contributed by atoms with Crippen molar-refractivity contribution in [2.24, 2.45) is 0 Å². The highest BCUT2D eigenvalue weighted by molar-refractivity contribution is 5.75. The topological polar surface area (TPSA) is 52.2 Å². The lowest BCUT2D eigenvalue weighted by molar-refractivity contribution is -0.219. The second kappa shape index (κ2) is 8.19. The van der Waals surface area contributed by atoms with Crippen molar-refractivity contribution in [3.63, 3.8) is 0 Å². The Balaban J connectivity index is 2.03. The van der Waals surface area contributed by atoms with E-state index in [2.05, 4.69) is 76.2 Å². The van der Waals surface area contributed by atoms with Crippen molar-refractivity contribution in [3.8, 4) is 11.5 Å². The minimum atomic E-state index is -0.695. The summed E-state index contributed by atoms with van der Waals surface area (Å²) < 4.78 is 18.5. The van der Waals surface area contributed by atoms with Crippen molar-refractivity contribution in [1.82, 2.24) is 5.06 Å². The SMILES string of the molecule is COc1c(NC(C)(C)C)c2c(c3c1C(c1ccccc1)N(C(C)(C)C)O3)COC(C)(C)OC2. The maximum atomic E-state index is 6.68. The average Bonchev–Trinajstić information content (AvgIpc) is 3.03. The van der Waals surface area contributed by atoms with Gasteiger partial charge in [0.05, 0.1) is 31.6 Å². The maximum Gasteiger partial charge on any atom is 0.163 e. The van der Waals surface area contributed by atoms with E-state index in [-0.39, 0.29) is 17.1 Å². The lowest BCUT2D eigenvalue weighted by atomic mass is 9.90. The van der Waals surface area contributed by atoms with Crippen molar-refractivity contribution in [2.45, 2.75) is 91.5 Å². The first-order valence-corrected chi connectivity index (χ1v) is 11.7. The predicted octanol–water partition coefficient (Wildman–Crippen LogP) is 6.19. The monoisotopic (exact) mass is 454 g/mol. The molecule has 6 heteroatoms. The van der Waals surface area contributed by atoms with Crippen LogP contribution in [-0.4, -0.2) is 29.0 Å². The number of fused-ring (bicyclic) bond motifs is 3. The van der Waals surface area contributed by atoms with Crippen LogP contribution in [0, 0.1) is 0 Å². The predicted molar refractivity (Wildman–Crippen MR) is 131 cm³/mol. The first-order valence-electron chi connectivity index (χ1n) is 11.7. The van der Waals surface area contributed by atoms with E-state index >= 15 is 0 Å². The number of nitrogens with one attached hydrogen (secondary N) is 1. The minimum absolute atomic E-state index is 0.126. The van der Waals surface area contributed by atoms with Gasteiger partial charge in [0.2, 0.25) is 0 Å². The van der Waals surface area contributed by atoms with Crippen LogP contribution in [0.3, 0.4) is 0 Å². The molecular formula is C27H38N2O4. The Bertz CT molecular complexity index is 1020. The molecule has 33 heavy (non-hydrogen) atoms. The molecule has 0 saturated carbocycles. The van der Waals surface area contributed by atoms with Crippen molar-refractivity contribution >= 4 is 5.69 Å². The fraction of sp³-hybridized carbons (Fsp3) is 0.556. The van der Waals surface area contributed by atoms with Crippen molar-refractivity contribution in [3.05, 3.63) is 52.6 Å². The molecule has 2 heterocycles. The Morgan fingerprint density at radius 1 is 0.970 bits per heavy atom. The van der Waals surface area contributed by atoms with Gasteiger partial charge in [-0.3, -0.25) is 0 Å². The van der Waals surface area contributed by atoms with E-state index in [4.69, 9.17) is 19.0 Å². The van der Waals surface area contributed by atoms with E-state index in [1.54, 1.807) is 7.11 Å². The highest BCUT2D eigenvalue weighted by Crippen LogP contribution is 2.56. The van der Waals surface area contributed by atoms with Gasteiger partial charge in [-0.25, -0.2) is 0 Å². The van der Waals surface area contributed by atoms with Gasteiger partial charge >= 0.3 is 0 Å². The molecule has 2 aromatic rings. The van der Waals surface area contributed by atoms with Gasteiger partial charge in [-0.2, -0.15) is 0 Å². The molecule has 0 aromatic heterocycles. The Labute approximate surface area is 198 Å². The summed E-state index contributed by atoms with van der Waals surface area (Å²) >= 11 is 0. The average molecular weight is 455 g/mol. The van der Waals surface area contributed by atoms with E-state index in [1.165, 1.54) is 0 Å². The molecule has 0 saturated heterocycles. The van der Waals surface area contributed by atoms with Gasteiger partial charge < -0.3 is 24.4 Å². The minimum Gasteiger partial charge on any atom is -0.494 e. The van der Waals surface area contributed by atoms with Crippen LogP contribution in [0.4, 0.5) is 5.69 Å². The fourth-order valence-corrected chi connectivity index (χ4v) is 4.47. The van der Waals surface area contributed by atoms with Crippen LogP contribution in [0.25, 0.3) is 0 Å². The van der Waals surface area contributed by atoms with E-state index in [0.717, 1.165) is 39.4 Å². The Morgan fingerprint density at radius 2 is 1.58 bits per heavy atom. The maximum absolute atomic E-state index is 6.68. The number of nitrogens with zero attached hydrogens (tertiary/aromatic N) is 1. The summed E-state index contributed by atoms with van der Waals surface area (Å²) in [6, 6.07) is 10.3. The molecule has 2 aliphatic rings. The molecule has 0 fully saturated rings. The summed E-state index contributed by atoms with van der Waals surface area (Å²) in [5, 5.41) is 5.78. The molecule has 0 aliphatic carbocycles. The first kappa shape index (κ1) is 23.9. The lowest BCUT2D eigenvalue weighted by Gasteiger charge is -2.35. The zero-order valence-corrected chi connectivity index (χ0v) is 21.5. The number of hydroxylamine groups is 2. The van der Waals surface area contributed by atoms with Gasteiger partial charge in [-0.15, -0.1) is 5.06 Å². The van der Waals surface area contributed by atoms with Gasteiger partial charge in [0.25, 0.3) is 0 Å². The lowest BCUT2D eigenvalue weighted by Crippen LogP contribution is -2.43. The molecule has 2 aromatic carbocycles. The summed E-state index contributed by atoms with van der Waals surface area (Å²) in [4.78, 5) is 6.68. The summed E-state index contributed by atoms with van der Waals surface area (Å²) in [6.07, 6.45) is 0. The number of hydrogen-bond donors (Lipinski definition) is 1. The van der Waals surface area contributed by atoms with Crippen LogP contribution in [0.15, 0.2) is 30.3 Å². The number of ether oxygens (including phenoxy) is 3. The number of methoxy groups -OCH3 is 1. The highest BCUT2D eigenvalue weighted by Gasteiger charge is 2.46. The standard InChI is InChI=1S/C27H38N2O4/c1-25(2,3)28-21-18-15-31-27(7,8)32-16-19(18)23-20(24(21)30-9)22(17-13-11-10-12-14-17)29(33-23)26(4,5)6/h10-14,22,28H,15-16H2,1-9H3. The zero-order valence-electron chi connectivity index (χ0n) is 21.5.